The van der Waals surface area contributed by atoms with Crippen LogP contribution in [0.5, 0.6) is 11.5 Å². The fourth-order valence-electron chi connectivity index (χ4n) is 4.36. The largest absolute Gasteiger partial charge is 0.497 e. The van der Waals surface area contributed by atoms with E-state index in [1.54, 1.807) is 45.0 Å². The molecule has 0 aliphatic rings. The Morgan fingerprint density at radius 3 is 2.23 bits per heavy atom. The number of nitrogens with one attached hydrogen (secondary N) is 1. The molecule has 0 bridgehead atoms. The molecule has 0 radical (unpaired) electrons. The first-order valence-corrected chi connectivity index (χ1v) is 15.4. The SMILES string of the molecule is COc1ccc(CN(C(=O)CN(c2cc(Cl)ccc2OC)S(=O)(=O)c2ccc(C)c([N+](=O)[O-])c2)C(C)C(=O)NC(C)C)cc1. The van der Waals surface area contributed by atoms with Crippen LogP contribution in [0, 0.1) is 17.0 Å². The van der Waals surface area contributed by atoms with Crippen LogP contribution in [0.25, 0.3) is 0 Å². The highest BCUT2D eigenvalue weighted by molar-refractivity contribution is 7.92. The molecule has 0 saturated heterocycles. The van der Waals surface area contributed by atoms with Crippen molar-refractivity contribution >= 4 is 44.8 Å². The van der Waals surface area contributed by atoms with Crippen molar-refractivity contribution in [3.63, 3.8) is 0 Å². The number of halogens is 1. The summed E-state index contributed by atoms with van der Waals surface area (Å²) in [5.41, 5.74) is 0.440. The molecule has 236 valence electrons. The molecule has 0 aliphatic heterocycles. The fourth-order valence-corrected chi connectivity index (χ4v) is 5.96. The maximum atomic E-state index is 14.2. The van der Waals surface area contributed by atoms with Gasteiger partial charge >= 0.3 is 0 Å². The summed E-state index contributed by atoms with van der Waals surface area (Å²) in [5, 5.41) is 14.6. The Bertz CT molecular complexity index is 1630. The third-order valence-corrected chi connectivity index (χ3v) is 8.75. The topological polar surface area (TPSA) is 148 Å². The first kappa shape index (κ1) is 34.1. The number of nitro benzene ring substituents is 1. The summed E-state index contributed by atoms with van der Waals surface area (Å²) in [5.74, 6) is -0.486. The number of amides is 2. The number of hydrogen-bond acceptors (Lipinski definition) is 8. The molecule has 12 nitrogen and oxygen atoms in total. The van der Waals surface area contributed by atoms with E-state index in [4.69, 9.17) is 21.1 Å². The van der Waals surface area contributed by atoms with Gasteiger partial charge in [-0.25, -0.2) is 8.42 Å². The molecular weight excluding hydrogens is 612 g/mol. The number of aryl methyl sites for hydroxylation is 1. The van der Waals surface area contributed by atoms with Crippen molar-refractivity contribution in [3.05, 3.63) is 86.9 Å². The number of sulfonamides is 1. The number of nitrogens with zero attached hydrogens (tertiary/aromatic N) is 3. The molecule has 1 atom stereocenters. The number of anilines is 1. The van der Waals surface area contributed by atoms with Crippen LogP contribution in [0.15, 0.2) is 65.6 Å². The van der Waals surface area contributed by atoms with E-state index in [9.17, 15) is 28.1 Å². The second-order valence-corrected chi connectivity index (χ2v) is 12.5. The normalized spacial score (nSPS) is 11.9. The lowest BCUT2D eigenvalue weighted by atomic mass is 10.1. The zero-order valence-electron chi connectivity index (χ0n) is 25.2. The number of hydrogen-bond donors (Lipinski definition) is 1. The maximum absolute atomic E-state index is 14.2. The van der Waals surface area contributed by atoms with E-state index in [0.717, 1.165) is 10.4 Å². The van der Waals surface area contributed by atoms with Gasteiger partial charge in [0.1, 0.15) is 24.1 Å². The van der Waals surface area contributed by atoms with E-state index in [2.05, 4.69) is 5.32 Å². The lowest BCUT2D eigenvalue weighted by molar-refractivity contribution is -0.385. The molecule has 0 spiro atoms. The molecule has 3 aromatic rings. The van der Waals surface area contributed by atoms with Gasteiger partial charge in [-0.1, -0.05) is 29.8 Å². The highest BCUT2D eigenvalue weighted by Crippen LogP contribution is 2.36. The van der Waals surface area contributed by atoms with Crippen LogP contribution in [0.3, 0.4) is 0 Å². The van der Waals surface area contributed by atoms with Gasteiger partial charge in [0.05, 0.1) is 29.7 Å². The quantitative estimate of drug-likeness (QED) is 0.207. The van der Waals surface area contributed by atoms with Gasteiger partial charge in [0.2, 0.25) is 11.8 Å². The standard InChI is InChI=1S/C30H35ClN4O8S/c1-19(2)32-30(37)21(4)33(17-22-8-11-24(42-5)12-9-22)29(36)18-34(27-15-23(31)10-14-28(27)43-6)44(40,41)25-13-7-20(3)26(16-25)35(38)39/h7-16,19,21H,17-18H2,1-6H3,(H,32,37). The first-order chi connectivity index (χ1) is 20.7. The maximum Gasteiger partial charge on any atom is 0.273 e. The molecule has 14 heteroatoms. The zero-order valence-corrected chi connectivity index (χ0v) is 26.8. The van der Waals surface area contributed by atoms with Crippen molar-refractivity contribution in [2.24, 2.45) is 0 Å². The second-order valence-electron chi connectivity index (χ2n) is 10.2. The summed E-state index contributed by atoms with van der Waals surface area (Å²) in [4.78, 5) is 39.0. The molecule has 0 aromatic heterocycles. The van der Waals surface area contributed by atoms with Gasteiger partial charge in [0.15, 0.2) is 0 Å². The van der Waals surface area contributed by atoms with Crippen molar-refractivity contribution in [2.45, 2.75) is 51.2 Å². The molecule has 0 saturated carbocycles. The Balaban J connectivity index is 2.15. The van der Waals surface area contributed by atoms with E-state index in [-0.39, 0.29) is 34.6 Å². The molecule has 3 rings (SSSR count). The highest BCUT2D eigenvalue weighted by Gasteiger charge is 2.35. The van der Waals surface area contributed by atoms with Gasteiger partial charge < -0.3 is 19.7 Å². The van der Waals surface area contributed by atoms with Crippen molar-refractivity contribution in [3.8, 4) is 11.5 Å². The number of methoxy groups -OCH3 is 2. The van der Waals surface area contributed by atoms with E-state index >= 15 is 0 Å². The average molecular weight is 647 g/mol. The van der Waals surface area contributed by atoms with Crippen LogP contribution >= 0.6 is 11.6 Å². The fraction of sp³-hybridized carbons (Fsp3) is 0.333. The number of nitro groups is 1. The summed E-state index contributed by atoms with van der Waals surface area (Å²) in [6.45, 7) is 5.77. The third-order valence-electron chi connectivity index (χ3n) is 6.76. The first-order valence-electron chi connectivity index (χ1n) is 13.5. The Kier molecular flexibility index (Phi) is 11.2. The lowest BCUT2D eigenvalue weighted by Crippen LogP contribution is -2.52. The Morgan fingerprint density at radius 2 is 1.66 bits per heavy atom. The van der Waals surface area contributed by atoms with Crippen molar-refractivity contribution in [1.29, 1.82) is 0 Å². The van der Waals surface area contributed by atoms with Crippen molar-refractivity contribution in [1.82, 2.24) is 10.2 Å². The summed E-state index contributed by atoms with van der Waals surface area (Å²) in [7, 11) is -1.78. The average Bonchev–Trinajstić information content (AvgIpc) is 2.98. The number of benzene rings is 3. The van der Waals surface area contributed by atoms with Gasteiger partial charge in [-0.3, -0.25) is 24.0 Å². The lowest BCUT2D eigenvalue weighted by Gasteiger charge is -2.32. The Hall–Kier alpha value is -4.36. The predicted octanol–water partition coefficient (Wildman–Crippen LogP) is 4.71. The van der Waals surface area contributed by atoms with Crippen LogP contribution in [-0.2, 0) is 26.2 Å². The third kappa shape index (κ3) is 7.97. The molecular formula is C30H35ClN4O8S. The summed E-state index contributed by atoms with van der Waals surface area (Å²) in [6.07, 6.45) is 0. The molecule has 44 heavy (non-hydrogen) atoms. The molecule has 0 aliphatic carbocycles. The zero-order chi connectivity index (χ0) is 32.8. The van der Waals surface area contributed by atoms with Crippen LogP contribution in [-0.4, -0.2) is 62.9 Å². The van der Waals surface area contributed by atoms with Crippen LogP contribution in [0.1, 0.15) is 31.9 Å². The van der Waals surface area contributed by atoms with Crippen molar-refractivity contribution in [2.75, 3.05) is 25.1 Å². The van der Waals surface area contributed by atoms with E-state index < -0.39 is 49.9 Å². The number of ether oxygens (including phenoxy) is 2. The minimum absolute atomic E-state index is 0.0356. The van der Waals surface area contributed by atoms with Gasteiger partial charge in [0.25, 0.3) is 15.7 Å². The smallest absolute Gasteiger partial charge is 0.273 e. The number of rotatable bonds is 13. The van der Waals surface area contributed by atoms with Gasteiger partial charge in [-0.15, -0.1) is 0 Å². The summed E-state index contributed by atoms with van der Waals surface area (Å²) >= 11 is 6.25. The summed E-state index contributed by atoms with van der Waals surface area (Å²) in [6, 6.07) is 13.4. The van der Waals surface area contributed by atoms with E-state index in [0.29, 0.717) is 11.3 Å². The van der Waals surface area contributed by atoms with E-state index in [1.807, 2.05) is 0 Å². The van der Waals surface area contributed by atoms with Crippen LogP contribution in [0.2, 0.25) is 5.02 Å². The minimum Gasteiger partial charge on any atom is -0.497 e. The van der Waals surface area contributed by atoms with E-state index in [1.165, 1.54) is 56.4 Å². The molecule has 3 aromatic carbocycles. The molecule has 1 N–H and O–H groups in total. The summed E-state index contributed by atoms with van der Waals surface area (Å²) < 4.78 is 39.8. The van der Waals surface area contributed by atoms with Crippen molar-refractivity contribution < 1.29 is 32.4 Å². The van der Waals surface area contributed by atoms with Gasteiger partial charge in [-0.2, -0.15) is 0 Å². The number of carbonyl (C=O) groups excluding carboxylic acids is 2. The Labute approximate surface area is 261 Å². The Morgan fingerprint density at radius 1 is 1.00 bits per heavy atom. The molecule has 0 heterocycles. The molecule has 0 fully saturated rings. The monoisotopic (exact) mass is 646 g/mol. The van der Waals surface area contributed by atoms with Gasteiger partial charge in [-0.05, 0) is 69.7 Å². The minimum atomic E-state index is -4.63. The molecule has 2 amide bonds. The second kappa shape index (κ2) is 14.4. The van der Waals surface area contributed by atoms with Crippen LogP contribution in [0.4, 0.5) is 11.4 Å². The van der Waals surface area contributed by atoms with Gasteiger partial charge in [0, 0.05) is 29.2 Å². The predicted molar refractivity (Wildman–Crippen MR) is 167 cm³/mol. The molecule has 1 unspecified atom stereocenters. The van der Waals surface area contributed by atoms with Crippen LogP contribution < -0.4 is 19.1 Å². The number of carbonyl (C=O) groups is 2. The highest BCUT2D eigenvalue weighted by atomic mass is 35.5.